The predicted octanol–water partition coefficient (Wildman–Crippen LogP) is 3.60. The van der Waals surface area contributed by atoms with Gasteiger partial charge in [-0.1, -0.05) is 12.1 Å². The van der Waals surface area contributed by atoms with Gasteiger partial charge in [0.15, 0.2) is 5.65 Å². The number of fused-ring (bicyclic) bond motifs is 1. The topological polar surface area (TPSA) is 76.0 Å². The van der Waals surface area contributed by atoms with Gasteiger partial charge < -0.3 is 10.3 Å². The van der Waals surface area contributed by atoms with Crippen LogP contribution < -0.4 is 16.1 Å². The third-order valence-electron chi connectivity index (χ3n) is 7.93. The van der Waals surface area contributed by atoms with Crippen molar-refractivity contribution < 1.29 is 13.2 Å². The molecule has 5 heterocycles. The van der Waals surface area contributed by atoms with Crippen LogP contribution in [0, 0.1) is 0 Å². The van der Waals surface area contributed by atoms with Crippen LogP contribution in [-0.2, 0) is 0 Å². The molecule has 3 aromatic rings. The monoisotopic (exact) mass is 555 g/mol. The summed E-state index contributed by atoms with van der Waals surface area (Å²) in [5.41, 5.74) is 8.93. The molecule has 6 rings (SSSR count). The lowest BCUT2D eigenvalue weighted by atomic mass is 10.0. The number of hydrazine groups is 1. The molecule has 0 spiro atoms. The molecule has 3 aliphatic heterocycles. The maximum absolute atomic E-state index is 12.4. The molecule has 9 nitrogen and oxygen atoms in total. The van der Waals surface area contributed by atoms with Gasteiger partial charge in [-0.15, -0.1) is 0 Å². The highest BCUT2D eigenvalue weighted by molar-refractivity contribution is 5.72. The average molecular weight is 556 g/mol. The van der Waals surface area contributed by atoms with E-state index in [2.05, 4.69) is 53.2 Å². The molecular formula is C28H36F3N9. The number of alkyl halides is 3. The number of rotatable bonds is 9. The molecule has 0 saturated carbocycles. The molecule has 2 saturated heterocycles. The number of imidazole rings is 1. The first-order valence-corrected chi connectivity index (χ1v) is 14.0. The van der Waals surface area contributed by atoms with Crippen molar-refractivity contribution in [2.45, 2.75) is 37.9 Å². The average Bonchev–Trinajstić information content (AvgIpc) is 3.72. The standard InChI is InChI=1S/C28H36F3N9/c29-28(30,31)18-32-19-34-24-5-3-4-21(12-24)26-16-33-27-13-22(14-36-40(26)27)23-15-35-39(17-23)25-6-10-38(11-7-25)20-37-8-1-2-9-37/h3-5,12-14,16-17,25,32,34-35H,1-2,6-11,15,18-20H2. The van der Waals surface area contributed by atoms with Gasteiger partial charge in [0.05, 0.1) is 38.0 Å². The Morgan fingerprint density at radius 3 is 2.58 bits per heavy atom. The summed E-state index contributed by atoms with van der Waals surface area (Å²) in [7, 11) is 0. The molecule has 0 radical (unpaired) electrons. The minimum absolute atomic E-state index is 0.00953. The molecule has 0 aliphatic carbocycles. The van der Waals surface area contributed by atoms with Crippen molar-refractivity contribution in [3.8, 4) is 11.3 Å². The SMILES string of the molecule is FC(F)(F)CNCNc1cccc(-c2cnc3cc(C4=CN(C5CCN(CN6CCCC6)CC5)NC4)cnn23)c1. The molecule has 3 N–H and O–H groups in total. The fraction of sp³-hybridized carbons (Fsp3) is 0.500. The van der Waals surface area contributed by atoms with Crippen molar-refractivity contribution in [2.24, 2.45) is 0 Å². The Morgan fingerprint density at radius 2 is 1.77 bits per heavy atom. The summed E-state index contributed by atoms with van der Waals surface area (Å²) in [4.78, 5) is 9.75. The van der Waals surface area contributed by atoms with Gasteiger partial charge in [-0.05, 0) is 62.5 Å². The van der Waals surface area contributed by atoms with Crippen LogP contribution >= 0.6 is 0 Å². The number of benzene rings is 1. The van der Waals surface area contributed by atoms with E-state index >= 15 is 0 Å². The first-order valence-electron chi connectivity index (χ1n) is 14.0. The lowest BCUT2D eigenvalue weighted by molar-refractivity contribution is -0.124. The van der Waals surface area contributed by atoms with E-state index in [0.29, 0.717) is 11.7 Å². The Labute approximate surface area is 232 Å². The first-order chi connectivity index (χ1) is 19.4. The van der Waals surface area contributed by atoms with Crippen LogP contribution in [-0.4, -0.2) is 94.2 Å². The number of anilines is 1. The van der Waals surface area contributed by atoms with Crippen molar-refractivity contribution in [3.05, 3.63) is 54.5 Å². The minimum atomic E-state index is -4.24. The van der Waals surface area contributed by atoms with Crippen molar-refractivity contribution in [1.29, 1.82) is 0 Å². The second-order valence-corrected chi connectivity index (χ2v) is 10.8. The Balaban J connectivity index is 1.08. The number of hydrogen-bond acceptors (Lipinski definition) is 8. The molecule has 214 valence electrons. The van der Waals surface area contributed by atoms with Crippen LogP contribution in [0.3, 0.4) is 0 Å². The fourth-order valence-electron chi connectivity index (χ4n) is 5.80. The number of hydrogen-bond donors (Lipinski definition) is 3. The number of nitrogens with zero attached hydrogens (tertiary/aromatic N) is 6. The molecule has 0 unspecified atom stereocenters. The first kappa shape index (κ1) is 27.0. The van der Waals surface area contributed by atoms with Crippen LogP contribution in [0.25, 0.3) is 22.5 Å². The maximum atomic E-state index is 12.4. The highest BCUT2D eigenvalue weighted by atomic mass is 19.4. The van der Waals surface area contributed by atoms with E-state index in [-0.39, 0.29) is 6.67 Å². The Bertz CT molecular complexity index is 1320. The largest absolute Gasteiger partial charge is 0.401 e. The highest BCUT2D eigenvalue weighted by Gasteiger charge is 2.28. The predicted molar refractivity (Wildman–Crippen MR) is 149 cm³/mol. The Hall–Kier alpha value is -3.19. The van der Waals surface area contributed by atoms with Gasteiger partial charge in [-0.3, -0.25) is 15.1 Å². The number of piperidine rings is 1. The van der Waals surface area contributed by atoms with Gasteiger partial charge in [0, 0.05) is 48.7 Å². The number of aromatic nitrogens is 3. The van der Waals surface area contributed by atoms with Gasteiger partial charge >= 0.3 is 6.18 Å². The summed E-state index contributed by atoms with van der Waals surface area (Å²) in [6.07, 6.45) is 6.60. The molecule has 0 bridgehead atoms. The van der Waals surface area contributed by atoms with E-state index in [1.807, 2.05) is 30.5 Å². The van der Waals surface area contributed by atoms with Gasteiger partial charge in [-0.2, -0.15) is 18.3 Å². The molecule has 12 heteroatoms. The maximum Gasteiger partial charge on any atom is 0.401 e. The summed E-state index contributed by atoms with van der Waals surface area (Å²) < 4.78 is 38.9. The van der Waals surface area contributed by atoms with E-state index in [0.717, 1.165) is 61.6 Å². The normalized spacial score (nSPS) is 19.6. The summed E-state index contributed by atoms with van der Waals surface area (Å²) in [6.45, 7) is 5.59. The van der Waals surface area contributed by atoms with E-state index in [4.69, 9.17) is 0 Å². The van der Waals surface area contributed by atoms with Gasteiger partial charge in [0.1, 0.15) is 0 Å². The van der Waals surface area contributed by atoms with Crippen LogP contribution in [0.15, 0.2) is 48.9 Å². The third-order valence-corrected chi connectivity index (χ3v) is 7.93. The smallest absolute Gasteiger partial charge is 0.372 e. The molecule has 3 aliphatic rings. The molecule has 2 fully saturated rings. The summed E-state index contributed by atoms with van der Waals surface area (Å²) in [6, 6.07) is 10.0. The molecular weight excluding hydrogens is 519 g/mol. The molecule has 2 aromatic heterocycles. The number of halogens is 3. The summed E-state index contributed by atoms with van der Waals surface area (Å²) in [5.74, 6) is 0. The molecule has 40 heavy (non-hydrogen) atoms. The van der Waals surface area contributed by atoms with Gasteiger partial charge in [0.25, 0.3) is 0 Å². The van der Waals surface area contributed by atoms with Crippen molar-refractivity contribution in [2.75, 3.05) is 57.9 Å². The van der Waals surface area contributed by atoms with Crippen LogP contribution in [0.2, 0.25) is 0 Å². The van der Waals surface area contributed by atoms with E-state index < -0.39 is 12.7 Å². The minimum Gasteiger partial charge on any atom is -0.372 e. The fourth-order valence-corrected chi connectivity index (χ4v) is 5.80. The number of nitrogens with one attached hydrogen (secondary N) is 3. The van der Waals surface area contributed by atoms with Crippen LogP contribution in [0.4, 0.5) is 18.9 Å². The van der Waals surface area contributed by atoms with Crippen LogP contribution in [0.1, 0.15) is 31.2 Å². The Kier molecular flexibility index (Phi) is 7.92. The summed E-state index contributed by atoms with van der Waals surface area (Å²) in [5, 5.41) is 12.3. The second-order valence-electron chi connectivity index (χ2n) is 10.8. The van der Waals surface area contributed by atoms with Crippen LogP contribution in [0.5, 0.6) is 0 Å². The van der Waals surface area contributed by atoms with Crippen molar-refractivity contribution in [3.63, 3.8) is 0 Å². The van der Waals surface area contributed by atoms with E-state index in [9.17, 15) is 13.2 Å². The van der Waals surface area contributed by atoms with Gasteiger partial charge in [0.2, 0.25) is 0 Å². The van der Waals surface area contributed by atoms with Crippen molar-refractivity contribution in [1.82, 2.24) is 40.1 Å². The van der Waals surface area contributed by atoms with E-state index in [1.165, 1.54) is 31.5 Å². The quantitative estimate of drug-likeness (QED) is 0.273. The highest BCUT2D eigenvalue weighted by Crippen LogP contribution is 2.27. The zero-order valence-electron chi connectivity index (χ0n) is 22.5. The Morgan fingerprint density at radius 1 is 0.975 bits per heavy atom. The lowest BCUT2D eigenvalue weighted by Gasteiger charge is -2.38. The van der Waals surface area contributed by atoms with Crippen molar-refractivity contribution >= 4 is 16.9 Å². The zero-order chi connectivity index (χ0) is 27.5. The molecule has 0 atom stereocenters. The molecule has 1 aromatic carbocycles. The summed E-state index contributed by atoms with van der Waals surface area (Å²) >= 11 is 0. The second kappa shape index (κ2) is 11.7. The third kappa shape index (κ3) is 6.41. The van der Waals surface area contributed by atoms with Gasteiger partial charge in [-0.25, -0.2) is 14.9 Å². The van der Waals surface area contributed by atoms with E-state index in [1.54, 1.807) is 10.7 Å². The molecule has 0 amide bonds. The zero-order valence-corrected chi connectivity index (χ0v) is 22.5. The number of likely N-dealkylation sites (tertiary alicyclic amines) is 2. The lowest BCUT2D eigenvalue weighted by Crippen LogP contribution is -2.48.